The Morgan fingerprint density at radius 2 is 2.14 bits per heavy atom. The Labute approximate surface area is 166 Å². The third kappa shape index (κ3) is 4.91. The van der Waals surface area contributed by atoms with Gasteiger partial charge in [-0.1, -0.05) is 23.4 Å². The van der Waals surface area contributed by atoms with E-state index in [1.807, 2.05) is 39.0 Å². The van der Waals surface area contributed by atoms with Crippen LogP contribution in [0.4, 0.5) is 5.69 Å². The Bertz CT molecular complexity index is 824. The standard InChI is InChI=1S/C21H29N5O2/c1-4-22-21(23-11-7-9-17-14(2)26-28-15(17)3)24-13-16-12-20(27)25-19-10-6-5-8-18(16)19/h5-6,8,10,16H,4,7,9,11-13H2,1-3H3,(H,25,27)(H2,22,23,24). The van der Waals surface area contributed by atoms with Gasteiger partial charge in [-0.05, 0) is 45.2 Å². The summed E-state index contributed by atoms with van der Waals surface area (Å²) in [5.74, 6) is 1.83. The average Bonchev–Trinajstić information content (AvgIpc) is 3.00. The molecule has 1 aliphatic heterocycles. The lowest BCUT2D eigenvalue weighted by molar-refractivity contribution is -0.116. The number of para-hydroxylation sites is 1. The Morgan fingerprint density at radius 1 is 1.32 bits per heavy atom. The molecule has 0 bridgehead atoms. The fraction of sp³-hybridized carbons (Fsp3) is 0.476. The molecule has 1 amide bonds. The number of fused-ring (bicyclic) bond motifs is 1. The number of anilines is 1. The summed E-state index contributed by atoms with van der Waals surface area (Å²) in [5.41, 5.74) is 4.21. The molecule has 0 saturated carbocycles. The van der Waals surface area contributed by atoms with Crippen LogP contribution in [0.2, 0.25) is 0 Å². The van der Waals surface area contributed by atoms with Crippen LogP contribution >= 0.6 is 0 Å². The number of aryl methyl sites for hydroxylation is 2. The van der Waals surface area contributed by atoms with Crippen molar-refractivity contribution in [3.05, 3.63) is 46.8 Å². The molecule has 3 N–H and O–H groups in total. The number of rotatable bonds is 7. The molecule has 3 rings (SSSR count). The van der Waals surface area contributed by atoms with E-state index in [1.165, 1.54) is 5.56 Å². The first-order chi connectivity index (χ1) is 13.6. The number of benzene rings is 1. The minimum atomic E-state index is 0.0521. The van der Waals surface area contributed by atoms with Gasteiger partial charge in [-0.25, -0.2) is 0 Å². The summed E-state index contributed by atoms with van der Waals surface area (Å²) in [6.07, 6.45) is 2.34. The molecule has 1 aliphatic rings. The maximum atomic E-state index is 12.0. The van der Waals surface area contributed by atoms with Crippen molar-refractivity contribution in [2.75, 3.05) is 25.0 Å². The highest BCUT2D eigenvalue weighted by Crippen LogP contribution is 2.31. The van der Waals surface area contributed by atoms with Crippen LogP contribution in [0.25, 0.3) is 0 Å². The van der Waals surface area contributed by atoms with Gasteiger partial charge in [0, 0.05) is 36.7 Å². The third-order valence-corrected chi connectivity index (χ3v) is 5.00. The van der Waals surface area contributed by atoms with Gasteiger partial charge in [0.15, 0.2) is 5.96 Å². The second-order valence-electron chi connectivity index (χ2n) is 7.09. The summed E-state index contributed by atoms with van der Waals surface area (Å²) in [7, 11) is 0. The molecule has 2 aromatic rings. The first kappa shape index (κ1) is 19.9. The topological polar surface area (TPSA) is 91.5 Å². The first-order valence-electron chi connectivity index (χ1n) is 9.91. The van der Waals surface area contributed by atoms with Crippen molar-refractivity contribution < 1.29 is 9.32 Å². The zero-order valence-corrected chi connectivity index (χ0v) is 16.8. The summed E-state index contributed by atoms with van der Waals surface area (Å²) >= 11 is 0. The van der Waals surface area contributed by atoms with E-state index in [0.717, 1.165) is 54.6 Å². The lowest BCUT2D eigenvalue weighted by Crippen LogP contribution is -2.38. The zero-order chi connectivity index (χ0) is 19.9. The molecule has 7 heteroatoms. The average molecular weight is 383 g/mol. The van der Waals surface area contributed by atoms with Crippen LogP contribution in [0, 0.1) is 13.8 Å². The molecule has 150 valence electrons. The van der Waals surface area contributed by atoms with E-state index in [0.29, 0.717) is 13.0 Å². The number of amides is 1. The number of carbonyl (C=O) groups is 1. The lowest BCUT2D eigenvalue weighted by atomic mass is 9.91. The van der Waals surface area contributed by atoms with Crippen molar-refractivity contribution in [3.63, 3.8) is 0 Å². The Morgan fingerprint density at radius 3 is 2.89 bits per heavy atom. The van der Waals surface area contributed by atoms with E-state index in [9.17, 15) is 4.79 Å². The van der Waals surface area contributed by atoms with Crippen LogP contribution in [-0.2, 0) is 11.2 Å². The van der Waals surface area contributed by atoms with Gasteiger partial charge < -0.3 is 20.5 Å². The fourth-order valence-corrected chi connectivity index (χ4v) is 3.54. The number of aromatic nitrogens is 1. The summed E-state index contributed by atoms with van der Waals surface area (Å²) in [5, 5.41) is 13.6. The molecule has 0 aliphatic carbocycles. The number of hydrogen-bond donors (Lipinski definition) is 3. The van der Waals surface area contributed by atoms with Crippen molar-refractivity contribution in [3.8, 4) is 0 Å². The number of nitrogens with one attached hydrogen (secondary N) is 3. The predicted molar refractivity (Wildman–Crippen MR) is 111 cm³/mol. The molecular weight excluding hydrogens is 354 g/mol. The molecule has 0 saturated heterocycles. The zero-order valence-electron chi connectivity index (χ0n) is 16.8. The number of guanidine groups is 1. The largest absolute Gasteiger partial charge is 0.361 e. The Hall–Kier alpha value is -2.83. The molecule has 7 nitrogen and oxygen atoms in total. The minimum absolute atomic E-state index is 0.0521. The van der Waals surface area contributed by atoms with Gasteiger partial charge in [-0.15, -0.1) is 0 Å². The second-order valence-corrected chi connectivity index (χ2v) is 7.09. The van der Waals surface area contributed by atoms with Gasteiger partial charge in [0.1, 0.15) is 5.76 Å². The van der Waals surface area contributed by atoms with Crippen LogP contribution in [0.3, 0.4) is 0 Å². The second kappa shape index (κ2) is 9.39. The van der Waals surface area contributed by atoms with Crippen molar-refractivity contribution >= 4 is 17.6 Å². The highest BCUT2D eigenvalue weighted by molar-refractivity contribution is 5.94. The van der Waals surface area contributed by atoms with Gasteiger partial charge in [0.25, 0.3) is 0 Å². The lowest BCUT2D eigenvalue weighted by Gasteiger charge is -2.24. The summed E-state index contributed by atoms with van der Waals surface area (Å²) in [6, 6.07) is 7.96. The SMILES string of the molecule is CCNC(=NCC1CC(=O)Nc2ccccc21)NCCCc1c(C)noc1C. The number of aliphatic imine (C=N–C) groups is 1. The van der Waals surface area contributed by atoms with Gasteiger partial charge in [0.05, 0.1) is 12.2 Å². The molecule has 0 spiro atoms. The fourth-order valence-electron chi connectivity index (χ4n) is 3.54. The van der Waals surface area contributed by atoms with Crippen LogP contribution < -0.4 is 16.0 Å². The van der Waals surface area contributed by atoms with Crippen LogP contribution in [0.15, 0.2) is 33.8 Å². The minimum Gasteiger partial charge on any atom is -0.361 e. The quantitative estimate of drug-likeness (QED) is 0.388. The van der Waals surface area contributed by atoms with Gasteiger partial charge in [0.2, 0.25) is 5.91 Å². The van der Waals surface area contributed by atoms with E-state index in [2.05, 4.69) is 27.2 Å². The molecule has 0 fully saturated rings. The van der Waals surface area contributed by atoms with Gasteiger partial charge in [-0.3, -0.25) is 9.79 Å². The van der Waals surface area contributed by atoms with E-state index in [4.69, 9.17) is 9.52 Å². The van der Waals surface area contributed by atoms with E-state index >= 15 is 0 Å². The molecule has 0 radical (unpaired) electrons. The Kier molecular flexibility index (Phi) is 6.68. The maximum absolute atomic E-state index is 12.0. The first-order valence-corrected chi connectivity index (χ1v) is 9.91. The van der Waals surface area contributed by atoms with E-state index in [1.54, 1.807) is 0 Å². The maximum Gasteiger partial charge on any atom is 0.225 e. The highest BCUT2D eigenvalue weighted by Gasteiger charge is 2.24. The van der Waals surface area contributed by atoms with Crippen LogP contribution in [0.1, 0.15) is 48.3 Å². The third-order valence-electron chi connectivity index (χ3n) is 5.00. The molecule has 28 heavy (non-hydrogen) atoms. The number of hydrogen-bond acceptors (Lipinski definition) is 4. The predicted octanol–water partition coefficient (Wildman–Crippen LogP) is 2.91. The molecule has 1 aromatic heterocycles. The monoisotopic (exact) mass is 383 g/mol. The van der Waals surface area contributed by atoms with Crippen molar-refractivity contribution in [2.45, 2.75) is 46.0 Å². The van der Waals surface area contributed by atoms with Crippen LogP contribution in [0.5, 0.6) is 0 Å². The van der Waals surface area contributed by atoms with Crippen molar-refractivity contribution in [1.29, 1.82) is 0 Å². The van der Waals surface area contributed by atoms with Crippen LogP contribution in [-0.4, -0.2) is 36.7 Å². The molecule has 2 heterocycles. The van der Waals surface area contributed by atoms with E-state index in [-0.39, 0.29) is 11.8 Å². The highest BCUT2D eigenvalue weighted by atomic mass is 16.5. The smallest absolute Gasteiger partial charge is 0.225 e. The van der Waals surface area contributed by atoms with Gasteiger partial charge >= 0.3 is 0 Å². The van der Waals surface area contributed by atoms with Crippen molar-refractivity contribution in [1.82, 2.24) is 15.8 Å². The number of nitrogens with zero attached hydrogens (tertiary/aromatic N) is 2. The summed E-state index contributed by atoms with van der Waals surface area (Å²) in [4.78, 5) is 16.7. The van der Waals surface area contributed by atoms with E-state index < -0.39 is 0 Å². The summed E-state index contributed by atoms with van der Waals surface area (Å²) < 4.78 is 5.22. The summed E-state index contributed by atoms with van der Waals surface area (Å²) in [6.45, 7) is 8.14. The molecule has 1 atom stereocenters. The normalized spacial score (nSPS) is 16.5. The Balaban J connectivity index is 1.56. The van der Waals surface area contributed by atoms with Crippen molar-refractivity contribution in [2.24, 2.45) is 4.99 Å². The van der Waals surface area contributed by atoms with Gasteiger partial charge in [-0.2, -0.15) is 0 Å². The number of carbonyl (C=O) groups excluding carboxylic acids is 1. The molecule has 1 aromatic carbocycles. The molecular formula is C21H29N5O2. The molecule has 1 unspecified atom stereocenters.